The number of benzene rings is 2. The first-order valence-electron chi connectivity index (χ1n) is 11.7. The summed E-state index contributed by atoms with van der Waals surface area (Å²) >= 11 is 0. The number of hydrogen-bond acceptors (Lipinski definition) is 8. The van der Waals surface area contributed by atoms with Gasteiger partial charge in [-0.3, -0.25) is 15.2 Å². The molecule has 0 aliphatic heterocycles. The van der Waals surface area contributed by atoms with Gasteiger partial charge in [0.15, 0.2) is 11.5 Å². The molecule has 0 fully saturated rings. The van der Waals surface area contributed by atoms with Crippen molar-refractivity contribution in [3.63, 3.8) is 0 Å². The molecule has 4 aromatic rings. The number of nitrogens with two attached hydrogens (primary N) is 1. The molecule has 2 heterocycles. The minimum absolute atomic E-state index is 0.0543. The Bertz CT molecular complexity index is 1480. The standard InChI is InChI=1S/C24H24FN7O3.C2H4O2/c1-3-35-20-13-18(25)16(12-19(20)34-2)17(11-14-5-7-15(8-6-14)21(26)27)22-30-24(33)32(31-22)23-28-9-4-10-29-23;1-2(3)4/h4-10,12-13,17H,3,11H2,1-2H3,(H3,26,27)(H,30,31,33);1H3,(H,3,4). The molecule has 0 aliphatic carbocycles. The summed E-state index contributed by atoms with van der Waals surface area (Å²) < 4.78 is 27.3. The molecule has 39 heavy (non-hydrogen) atoms. The molecule has 0 bridgehead atoms. The Kier molecular flexibility index (Phi) is 9.46. The van der Waals surface area contributed by atoms with E-state index >= 15 is 4.39 Å². The molecule has 5 N–H and O–H groups in total. The maximum Gasteiger partial charge on any atom is 0.350 e. The van der Waals surface area contributed by atoms with E-state index in [9.17, 15) is 4.79 Å². The monoisotopic (exact) mass is 537 g/mol. The van der Waals surface area contributed by atoms with E-state index in [4.69, 9.17) is 30.5 Å². The van der Waals surface area contributed by atoms with Crippen molar-refractivity contribution in [3.8, 4) is 17.4 Å². The molecule has 0 saturated carbocycles. The largest absolute Gasteiger partial charge is 0.493 e. The summed E-state index contributed by atoms with van der Waals surface area (Å²) in [6.45, 7) is 3.22. The van der Waals surface area contributed by atoms with Crippen molar-refractivity contribution in [2.24, 2.45) is 5.73 Å². The summed E-state index contributed by atoms with van der Waals surface area (Å²) in [5, 5.41) is 19.4. The van der Waals surface area contributed by atoms with Crippen LogP contribution in [0.5, 0.6) is 11.5 Å². The van der Waals surface area contributed by atoms with Gasteiger partial charge in [0.2, 0.25) is 0 Å². The molecule has 204 valence electrons. The van der Waals surface area contributed by atoms with Crippen LogP contribution >= 0.6 is 0 Å². The second-order valence-electron chi connectivity index (χ2n) is 8.12. The van der Waals surface area contributed by atoms with Gasteiger partial charge in [0, 0.05) is 36.5 Å². The number of carbonyl (C=O) groups is 1. The Labute approximate surface area is 222 Å². The van der Waals surface area contributed by atoms with Gasteiger partial charge >= 0.3 is 5.69 Å². The minimum atomic E-state index is -0.833. The van der Waals surface area contributed by atoms with Gasteiger partial charge in [-0.2, -0.15) is 0 Å². The van der Waals surface area contributed by atoms with Crippen LogP contribution in [-0.2, 0) is 11.2 Å². The third kappa shape index (κ3) is 7.25. The number of nitrogen functional groups attached to an aromatic ring is 1. The van der Waals surface area contributed by atoms with E-state index in [-0.39, 0.29) is 35.3 Å². The van der Waals surface area contributed by atoms with Crippen LogP contribution in [0.25, 0.3) is 5.95 Å². The van der Waals surface area contributed by atoms with Crippen LogP contribution in [0.15, 0.2) is 59.7 Å². The summed E-state index contributed by atoms with van der Waals surface area (Å²) in [4.78, 5) is 32.5. The van der Waals surface area contributed by atoms with Crippen LogP contribution in [0.4, 0.5) is 4.39 Å². The number of aliphatic carboxylic acids is 1. The van der Waals surface area contributed by atoms with Gasteiger partial charge in [0.05, 0.1) is 19.6 Å². The lowest BCUT2D eigenvalue weighted by Crippen LogP contribution is -2.18. The molecule has 2 aromatic heterocycles. The number of carboxylic acids is 1. The van der Waals surface area contributed by atoms with E-state index in [1.807, 2.05) is 0 Å². The van der Waals surface area contributed by atoms with Crippen LogP contribution in [0.2, 0.25) is 0 Å². The van der Waals surface area contributed by atoms with Crippen molar-refractivity contribution in [1.82, 2.24) is 24.7 Å². The molecule has 0 radical (unpaired) electrons. The predicted octanol–water partition coefficient (Wildman–Crippen LogP) is 2.65. The maximum absolute atomic E-state index is 15.4. The van der Waals surface area contributed by atoms with Crippen molar-refractivity contribution < 1.29 is 23.8 Å². The molecule has 1 atom stereocenters. The number of ether oxygens (including phenoxy) is 2. The zero-order valence-corrected chi connectivity index (χ0v) is 21.5. The van der Waals surface area contributed by atoms with E-state index in [1.54, 1.807) is 43.3 Å². The third-order valence-corrected chi connectivity index (χ3v) is 5.37. The Morgan fingerprint density at radius 3 is 2.41 bits per heavy atom. The molecule has 0 aliphatic rings. The first kappa shape index (κ1) is 28.5. The first-order chi connectivity index (χ1) is 18.6. The number of aromatic amines is 1. The van der Waals surface area contributed by atoms with Crippen molar-refractivity contribution >= 4 is 11.8 Å². The predicted molar refractivity (Wildman–Crippen MR) is 140 cm³/mol. The van der Waals surface area contributed by atoms with Crippen molar-refractivity contribution in [3.05, 3.63) is 93.7 Å². The minimum Gasteiger partial charge on any atom is -0.493 e. The van der Waals surface area contributed by atoms with Crippen molar-refractivity contribution in [2.75, 3.05) is 13.7 Å². The number of rotatable bonds is 9. The van der Waals surface area contributed by atoms with Gasteiger partial charge in [0.1, 0.15) is 17.5 Å². The average Bonchev–Trinajstić information content (AvgIpc) is 3.29. The number of halogens is 1. The summed E-state index contributed by atoms with van der Waals surface area (Å²) in [7, 11) is 1.47. The maximum atomic E-state index is 15.4. The van der Waals surface area contributed by atoms with Crippen LogP contribution in [0.3, 0.4) is 0 Å². The SMILES string of the molecule is CC(=O)O.CCOc1cc(F)c(C(Cc2ccc(C(=N)N)cc2)c2nn(-c3ncccn3)c(=O)[nH]2)cc1OC. The van der Waals surface area contributed by atoms with Gasteiger partial charge in [-0.15, -0.1) is 9.78 Å². The lowest BCUT2D eigenvalue weighted by Gasteiger charge is -2.19. The van der Waals surface area contributed by atoms with Crippen molar-refractivity contribution in [2.45, 2.75) is 26.2 Å². The van der Waals surface area contributed by atoms with E-state index in [0.717, 1.165) is 17.2 Å². The Balaban J connectivity index is 0.000000983. The van der Waals surface area contributed by atoms with Gasteiger partial charge in [-0.25, -0.2) is 19.2 Å². The Hall–Kier alpha value is -5.07. The van der Waals surface area contributed by atoms with E-state index < -0.39 is 23.4 Å². The Morgan fingerprint density at radius 2 is 1.85 bits per heavy atom. The molecular formula is C26H28FN7O5. The zero-order valence-electron chi connectivity index (χ0n) is 21.5. The molecular weight excluding hydrogens is 509 g/mol. The van der Waals surface area contributed by atoms with Gasteiger partial charge in [0.25, 0.3) is 11.9 Å². The highest BCUT2D eigenvalue weighted by Crippen LogP contribution is 2.36. The lowest BCUT2D eigenvalue weighted by molar-refractivity contribution is -0.134. The second-order valence-corrected chi connectivity index (χ2v) is 8.12. The van der Waals surface area contributed by atoms with E-state index in [2.05, 4.69) is 20.1 Å². The number of aromatic nitrogens is 5. The number of nitrogens with one attached hydrogen (secondary N) is 2. The number of nitrogens with zero attached hydrogens (tertiary/aromatic N) is 4. The van der Waals surface area contributed by atoms with E-state index in [1.165, 1.54) is 25.6 Å². The van der Waals surface area contributed by atoms with Crippen LogP contribution in [0.1, 0.15) is 42.3 Å². The molecule has 1 unspecified atom stereocenters. The number of carboxylic acid groups (broad SMARTS) is 1. The molecule has 2 aromatic carbocycles. The topological polar surface area (TPSA) is 182 Å². The average molecular weight is 538 g/mol. The molecule has 0 saturated heterocycles. The van der Waals surface area contributed by atoms with Crippen LogP contribution in [0, 0.1) is 11.2 Å². The summed E-state index contributed by atoms with van der Waals surface area (Å²) in [6.07, 6.45) is 3.27. The number of methoxy groups -OCH3 is 1. The fourth-order valence-electron chi connectivity index (χ4n) is 3.69. The molecule has 13 heteroatoms. The smallest absolute Gasteiger partial charge is 0.350 e. The summed E-state index contributed by atoms with van der Waals surface area (Å²) in [5.41, 5.74) is 6.65. The number of H-pyrrole nitrogens is 1. The lowest BCUT2D eigenvalue weighted by atomic mass is 9.90. The van der Waals surface area contributed by atoms with Gasteiger partial charge in [-0.1, -0.05) is 24.3 Å². The molecule has 0 spiro atoms. The summed E-state index contributed by atoms with van der Waals surface area (Å²) in [6, 6.07) is 11.4. The number of amidine groups is 1. The highest BCUT2D eigenvalue weighted by Gasteiger charge is 2.26. The quantitative estimate of drug-likeness (QED) is 0.184. The fourth-order valence-corrected chi connectivity index (χ4v) is 3.69. The molecule has 12 nitrogen and oxygen atoms in total. The van der Waals surface area contributed by atoms with Crippen LogP contribution in [-0.4, -0.2) is 55.4 Å². The first-order valence-corrected chi connectivity index (χ1v) is 11.7. The van der Waals surface area contributed by atoms with Crippen molar-refractivity contribution in [1.29, 1.82) is 5.41 Å². The third-order valence-electron chi connectivity index (χ3n) is 5.37. The fraction of sp³-hybridized carbons (Fsp3) is 0.231. The summed E-state index contributed by atoms with van der Waals surface area (Å²) in [5.74, 6) is -1.17. The Morgan fingerprint density at radius 1 is 1.21 bits per heavy atom. The molecule has 4 rings (SSSR count). The van der Waals surface area contributed by atoms with Gasteiger partial charge in [-0.05, 0) is 31.0 Å². The van der Waals surface area contributed by atoms with Crippen LogP contribution < -0.4 is 20.9 Å². The van der Waals surface area contributed by atoms with Gasteiger partial charge < -0.3 is 20.3 Å². The number of hydrogen-bond donors (Lipinski definition) is 4. The van der Waals surface area contributed by atoms with E-state index in [0.29, 0.717) is 17.9 Å². The normalized spacial score (nSPS) is 11.2. The zero-order chi connectivity index (χ0) is 28.5. The second kappa shape index (κ2) is 12.9. The highest BCUT2D eigenvalue weighted by molar-refractivity contribution is 5.94. The molecule has 0 amide bonds. The highest BCUT2D eigenvalue weighted by atomic mass is 19.1.